The molecule has 138 valence electrons. The first kappa shape index (κ1) is 20.4. The predicted molar refractivity (Wildman–Crippen MR) is 89.5 cm³/mol. The second-order valence-corrected chi connectivity index (χ2v) is 6.25. The van der Waals surface area contributed by atoms with Crippen molar-refractivity contribution in [1.29, 1.82) is 0 Å². The Balaban J connectivity index is 2.37. The topological polar surface area (TPSA) is 114 Å². The maximum Gasteiger partial charge on any atom is 0.408 e. The van der Waals surface area contributed by atoms with E-state index < -0.39 is 36.2 Å². The molecule has 1 rings (SSSR count). The van der Waals surface area contributed by atoms with Gasteiger partial charge in [0.05, 0.1) is 6.61 Å². The van der Waals surface area contributed by atoms with Gasteiger partial charge in [-0.05, 0) is 26.3 Å². The first-order valence-corrected chi connectivity index (χ1v) is 7.79. The standard InChI is InChI=1S/C17H24N2O6/c1-17(2,3)25-16(23)19-13(10-20)15(22)18-9-14(21)24-11-12-7-5-4-6-8-12/h4-8,13,20H,9-11H2,1-3H3,(H,18,22)(H,19,23)/t13-/m0/s1. The zero-order valence-electron chi connectivity index (χ0n) is 14.6. The summed E-state index contributed by atoms with van der Waals surface area (Å²) in [6, 6.07) is 7.87. The number of amides is 2. The van der Waals surface area contributed by atoms with Crippen molar-refractivity contribution in [3.05, 3.63) is 35.9 Å². The summed E-state index contributed by atoms with van der Waals surface area (Å²) in [6.07, 6.45) is -0.839. The molecule has 0 saturated heterocycles. The Bertz CT molecular complexity index is 583. The summed E-state index contributed by atoms with van der Waals surface area (Å²) in [5.41, 5.74) is 0.0870. The maximum atomic E-state index is 11.9. The molecule has 0 aliphatic carbocycles. The van der Waals surface area contributed by atoms with Gasteiger partial charge in [-0.3, -0.25) is 9.59 Å². The number of carbonyl (C=O) groups excluding carboxylic acids is 3. The van der Waals surface area contributed by atoms with Crippen molar-refractivity contribution in [3.63, 3.8) is 0 Å². The smallest absolute Gasteiger partial charge is 0.408 e. The summed E-state index contributed by atoms with van der Waals surface area (Å²) >= 11 is 0. The van der Waals surface area contributed by atoms with Crippen LogP contribution < -0.4 is 10.6 Å². The fourth-order valence-corrected chi connectivity index (χ4v) is 1.72. The van der Waals surface area contributed by atoms with Crippen molar-refractivity contribution in [2.45, 2.75) is 39.0 Å². The summed E-state index contributed by atoms with van der Waals surface area (Å²) in [6.45, 7) is 4.09. The van der Waals surface area contributed by atoms with Crippen LogP contribution in [0.5, 0.6) is 0 Å². The molecule has 1 aromatic carbocycles. The number of esters is 1. The van der Waals surface area contributed by atoms with Crippen LogP contribution in [0.2, 0.25) is 0 Å². The third-order valence-corrected chi connectivity index (χ3v) is 2.84. The van der Waals surface area contributed by atoms with E-state index in [1.165, 1.54) is 0 Å². The molecule has 25 heavy (non-hydrogen) atoms. The summed E-state index contributed by atoms with van der Waals surface area (Å²) in [5, 5.41) is 13.7. The first-order chi connectivity index (χ1) is 11.7. The molecular weight excluding hydrogens is 328 g/mol. The Labute approximate surface area is 146 Å². The van der Waals surface area contributed by atoms with Crippen LogP contribution in [0.25, 0.3) is 0 Å². The van der Waals surface area contributed by atoms with Gasteiger partial charge in [-0.2, -0.15) is 0 Å². The molecule has 0 radical (unpaired) electrons. The Kier molecular flexibility index (Phi) is 7.87. The molecule has 1 aromatic rings. The number of aliphatic hydroxyl groups excluding tert-OH is 1. The number of benzene rings is 1. The van der Waals surface area contributed by atoms with Crippen molar-refractivity contribution in [2.24, 2.45) is 0 Å². The van der Waals surface area contributed by atoms with E-state index >= 15 is 0 Å². The van der Waals surface area contributed by atoms with Gasteiger partial charge < -0.3 is 25.2 Å². The Morgan fingerprint density at radius 3 is 2.36 bits per heavy atom. The molecule has 0 spiro atoms. The minimum Gasteiger partial charge on any atom is -0.460 e. The number of carbonyl (C=O) groups is 3. The number of ether oxygens (including phenoxy) is 2. The van der Waals surface area contributed by atoms with Gasteiger partial charge in [0, 0.05) is 0 Å². The molecule has 0 aliphatic heterocycles. The van der Waals surface area contributed by atoms with Crippen molar-refractivity contribution in [1.82, 2.24) is 10.6 Å². The predicted octanol–water partition coefficient (Wildman–Crippen LogP) is 0.732. The van der Waals surface area contributed by atoms with Crippen molar-refractivity contribution >= 4 is 18.0 Å². The van der Waals surface area contributed by atoms with E-state index in [-0.39, 0.29) is 13.2 Å². The lowest BCUT2D eigenvalue weighted by molar-refractivity contribution is -0.145. The monoisotopic (exact) mass is 352 g/mol. The van der Waals surface area contributed by atoms with E-state index in [2.05, 4.69) is 10.6 Å². The summed E-state index contributed by atoms with van der Waals surface area (Å²) in [7, 11) is 0. The van der Waals surface area contributed by atoms with Crippen molar-refractivity contribution < 1.29 is 29.0 Å². The molecule has 0 aromatic heterocycles. The lowest BCUT2D eigenvalue weighted by Gasteiger charge is -2.22. The molecule has 0 unspecified atom stereocenters. The van der Waals surface area contributed by atoms with Crippen LogP contribution in [-0.4, -0.2) is 47.9 Å². The number of hydrogen-bond donors (Lipinski definition) is 3. The number of nitrogens with one attached hydrogen (secondary N) is 2. The lowest BCUT2D eigenvalue weighted by atomic mass is 10.2. The average molecular weight is 352 g/mol. The van der Waals surface area contributed by atoms with E-state index in [0.29, 0.717) is 0 Å². The van der Waals surface area contributed by atoms with Crippen LogP contribution >= 0.6 is 0 Å². The highest BCUT2D eigenvalue weighted by Crippen LogP contribution is 2.06. The quantitative estimate of drug-likeness (QED) is 0.624. The largest absolute Gasteiger partial charge is 0.460 e. The Hall–Kier alpha value is -2.61. The normalized spacial score (nSPS) is 12.0. The molecular formula is C17H24N2O6. The Morgan fingerprint density at radius 1 is 1.16 bits per heavy atom. The van der Waals surface area contributed by atoms with Gasteiger partial charge >= 0.3 is 12.1 Å². The molecule has 0 aliphatic rings. The highest BCUT2D eigenvalue weighted by Gasteiger charge is 2.24. The fourth-order valence-electron chi connectivity index (χ4n) is 1.72. The molecule has 3 N–H and O–H groups in total. The second kappa shape index (κ2) is 9.63. The van der Waals surface area contributed by atoms with E-state index in [1.807, 2.05) is 18.2 Å². The van der Waals surface area contributed by atoms with Crippen LogP contribution in [0.1, 0.15) is 26.3 Å². The van der Waals surface area contributed by atoms with Gasteiger partial charge in [0.15, 0.2) is 0 Å². The average Bonchev–Trinajstić information content (AvgIpc) is 2.55. The maximum absolute atomic E-state index is 11.9. The highest BCUT2D eigenvalue weighted by atomic mass is 16.6. The molecule has 8 heteroatoms. The van der Waals surface area contributed by atoms with Crippen LogP contribution in [0.4, 0.5) is 4.79 Å². The van der Waals surface area contributed by atoms with Gasteiger partial charge in [-0.15, -0.1) is 0 Å². The van der Waals surface area contributed by atoms with Crippen LogP contribution in [-0.2, 0) is 25.7 Å². The van der Waals surface area contributed by atoms with Gasteiger partial charge in [-0.1, -0.05) is 30.3 Å². The fraction of sp³-hybridized carbons (Fsp3) is 0.471. The number of hydrogen-bond acceptors (Lipinski definition) is 6. The Morgan fingerprint density at radius 2 is 1.80 bits per heavy atom. The minimum atomic E-state index is -1.23. The van der Waals surface area contributed by atoms with Crippen LogP contribution in [0.15, 0.2) is 30.3 Å². The zero-order valence-corrected chi connectivity index (χ0v) is 14.6. The number of aliphatic hydroxyl groups is 1. The summed E-state index contributed by atoms with van der Waals surface area (Å²) in [4.78, 5) is 35.1. The highest BCUT2D eigenvalue weighted by molar-refractivity contribution is 5.88. The summed E-state index contributed by atoms with van der Waals surface area (Å²) < 4.78 is 10.0. The third-order valence-electron chi connectivity index (χ3n) is 2.84. The van der Waals surface area contributed by atoms with E-state index in [9.17, 15) is 19.5 Å². The van der Waals surface area contributed by atoms with Gasteiger partial charge in [0.1, 0.15) is 24.8 Å². The van der Waals surface area contributed by atoms with Gasteiger partial charge in [-0.25, -0.2) is 4.79 Å². The lowest BCUT2D eigenvalue weighted by Crippen LogP contribution is -2.51. The third kappa shape index (κ3) is 8.71. The minimum absolute atomic E-state index is 0.0924. The van der Waals surface area contributed by atoms with Crippen LogP contribution in [0.3, 0.4) is 0 Å². The molecule has 2 amide bonds. The molecule has 8 nitrogen and oxygen atoms in total. The van der Waals surface area contributed by atoms with Crippen molar-refractivity contribution in [3.8, 4) is 0 Å². The van der Waals surface area contributed by atoms with E-state index in [0.717, 1.165) is 5.56 Å². The van der Waals surface area contributed by atoms with E-state index in [4.69, 9.17) is 9.47 Å². The van der Waals surface area contributed by atoms with Crippen LogP contribution in [0, 0.1) is 0 Å². The van der Waals surface area contributed by atoms with Gasteiger partial charge in [0.2, 0.25) is 5.91 Å². The molecule has 0 fully saturated rings. The van der Waals surface area contributed by atoms with E-state index in [1.54, 1.807) is 32.9 Å². The van der Waals surface area contributed by atoms with Gasteiger partial charge in [0.25, 0.3) is 0 Å². The number of alkyl carbamates (subject to hydrolysis) is 1. The molecule has 0 heterocycles. The van der Waals surface area contributed by atoms with Crippen molar-refractivity contribution in [2.75, 3.05) is 13.2 Å². The number of rotatable bonds is 7. The molecule has 0 bridgehead atoms. The first-order valence-electron chi connectivity index (χ1n) is 7.79. The SMILES string of the molecule is CC(C)(C)OC(=O)N[C@@H](CO)C(=O)NCC(=O)OCc1ccccc1. The second-order valence-electron chi connectivity index (χ2n) is 6.25. The summed E-state index contributed by atoms with van der Waals surface area (Å²) in [5.74, 6) is -1.35. The molecule has 1 atom stereocenters. The molecule has 0 saturated carbocycles. The zero-order chi connectivity index (χ0) is 18.9.